The van der Waals surface area contributed by atoms with Gasteiger partial charge in [0.2, 0.25) is 0 Å². The summed E-state index contributed by atoms with van der Waals surface area (Å²) < 4.78 is 0. The molecule has 132 valence electrons. The van der Waals surface area contributed by atoms with Crippen LogP contribution >= 0.6 is 0 Å². The Bertz CT molecular complexity index is 1100. The number of hydrogen-bond donors (Lipinski definition) is 2. The highest BCUT2D eigenvalue weighted by Gasteiger charge is 2.09. The first-order valence-corrected chi connectivity index (χ1v) is 8.64. The van der Waals surface area contributed by atoms with Gasteiger partial charge in [0.05, 0.1) is 11.2 Å². The van der Waals surface area contributed by atoms with Gasteiger partial charge in [-0.2, -0.15) is 0 Å². The number of nitrogens with one attached hydrogen (secondary N) is 2. The third kappa shape index (κ3) is 3.77. The molecule has 0 atom stereocenters. The lowest BCUT2D eigenvalue weighted by molar-refractivity contribution is 0.102. The molecule has 2 N–H and O–H groups in total. The molecule has 5 heteroatoms. The van der Waals surface area contributed by atoms with Gasteiger partial charge in [0.1, 0.15) is 5.69 Å². The highest BCUT2D eigenvalue weighted by molar-refractivity contribution is 6.03. The maximum absolute atomic E-state index is 12.5. The Labute approximate surface area is 157 Å². The molecule has 0 saturated carbocycles. The first-order valence-electron chi connectivity index (χ1n) is 8.64. The minimum Gasteiger partial charge on any atom is -0.354 e. The lowest BCUT2D eigenvalue weighted by Crippen LogP contribution is -2.13. The van der Waals surface area contributed by atoms with E-state index < -0.39 is 0 Å². The average molecular weight is 354 g/mol. The summed E-state index contributed by atoms with van der Waals surface area (Å²) in [4.78, 5) is 21.1. The highest BCUT2D eigenvalue weighted by atomic mass is 16.1. The van der Waals surface area contributed by atoms with Crippen molar-refractivity contribution in [3.8, 4) is 0 Å². The first-order chi connectivity index (χ1) is 13.2. The Morgan fingerprint density at radius 3 is 2.52 bits per heavy atom. The van der Waals surface area contributed by atoms with Crippen molar-refractivity contribution in [3.63, 3.8) is 0 Å². The van der Waals surface area contributed by atoms with Crippen LogP contribution in [0.25, 0.3) is 10.9 Å². The lowest BCUT2D eigenvalue weighted by Gasteiger charge is -2.10. The minimum absolute atomic E-state index is 0.251. The summed E-state index contributed by atoms with van der Waals surface area (Å²) in [5.41, 5.74) is 4.75. The maximum atomic E-state index is 12.5. The summed E-state index contributed by atoms with van der Waals surface area (Å²) in [5.74, 6) is -0.251. The van der Waals surface area contributed by atoms with E-state index in [0.717, 1.165) is 33.5 Å². The van der Waals surface area contributed by atoms with Crippen molar-refractivity contribution in [1.29, 1.82) is 0 Å². The molecule has 2 aromatic heterocycles. The molecule has 0 aliphatic carbocycles. The molecule has 0 radical (unpaired) electrons. The standard InChI is InChI=1S/C22H18N4O/c1-15-7-9-17(10-8-15)26-22(27)20-14-18(11-13-23-20)25-19-6-2-4-16-5-3-12-24-21(16)19/h2-14H,1H3,(H,23,25)(H,26,27). The Kier molecular flexibility index (Phi) is 4.49. The van der Waals surface area contributed by atoms with Crippen molar-refractivity contribution in [2.45, 2.75) is 6.92 Å². The van der Waals surface area contributed by atoms with Gasteiger partial charge in [-0.05, 0) is 43.3 Å². The molecule has 2 aromatic carbocycles. The van der Waals surface area contributed by atoms with Gasteiger partial charge in [-0.3, -0.25) is 14.8 Å². The monoisotopic (exact) mass is 354 g/mol. The Hall–Kier alpha value is -3.73. The van der Waals surface area contributed by atoms with Crippen LogP contribution in [0.3, 0.4) is 0 Å². The van der Waals surface area contributed by atoms with Gasteiger partial charge in [0, 0.05) is 29.2 Å². The molecule has 4 aromatic rings. The van der Waals surface area contributed by atoms with Crippen LogP contribution in [0.1, 0.15) is 16.1 Å². The number of amides is 1. The summed E-state index contributed by atoms with van der Waals surface area (Å²) in [7, 11) is 0. The second-order valence-corrected chi connectivity index (χ2v) is 6.26. The molecule has 0 unspecified atom stereocenters. The SMILES string of the molecule is Cc1ccc(NC(=O)c2cc(Nc3cccc4cccnc34)ccn2)cc1. The van der Waals surface area contributed by atoms with Gasteiger partial charge >= 0.3 is 0 Å². The number of nitrogens with zero attached hydrogens (tertiary/aromatic N) is 2. The number of carbonyl (C=O) groups is 1. The van der Waals surface area contributed by atoms with E-state index >= 15 is 0 Å². The average Bonchev–Trinajstić information content (AvgIpc) is 2.70. The summed E-state index contributed by atoms with van der Waals surface area (Å²) in [6, 6.07) is 21.1. The number of carbonyl (C=O) groups excluding carboxylic acids is 1. The zero-order chi connectivity index (χ0) is 18.6. The normalized spacial score (nSPS) is 10.6. The number of anilines is 3. The van der Waals surface area contributed by atoms with Crippen molar-refractivity contribution in [2.24, 2.45) is 0 Å². The number of fused-ring (bicyclic) bond motifs is 1. The van der Waals surface area contributed by atoms with E-state index in [9.17, 15) is 4.79 Å². The molecule has 1 amide bonds. The number of hydrogen-bond acceptors (Lipinski definition) is 4. The van der Waals surface area contributed by atoms with Gasteiger partial charge < -0.3 is 10.6 Å². The van der Waals surface area contributed by atoms with E-state index in [1.54, 1.807) is 18.5 Å². The molecule has 0 aliphatic rings. The van der Waals surface area contributed by atoms with Crippen LogP contribution in [-0.4, -0.2) is 15.9 Å². The van der Waals surface area contributed by atoms with Crippen LogP contribution in [0.4, 0.5) is 17.1 Å². The van der Waals surface area contributed by atoms with Crippen LogP contribution in [0.5, 0.6) is 0 Å². The van der Waals surface area contributed by atoms with Gasteiger partial charge in [-0.15, -0.1) is 0 Å². The van der Waals surface area contributed by atoms with Crippen molar-refractivity contribution in [2.75, 3.05) is 10.6 Å². The van der Waals surface area contributed by atoms with E-state index in [4.69, 9.17) is 0 Å². The summed E-state index contributed by atoms with van der Waals surface area (Å²) in [6.07, 6.45) is 3.38. The number of aromatic nitrogens is 2. The Morgan fingerprint density at radius 1 is 0.852 bits per heavy atom. The van der Waals surface area contributed by atoms with E-state index in [2.05, 4.69) is 20.6 Å². The van der Waals surface area contributed by atoms with Crippen LogP contribution in [0, 0.1) is 6.92 Å². The fourth-order valence-corrected chi connectivity index (χ4v) is 2.83. The third-order valence-corrected chi connectivity index (χ3v) is 4.21. The summed E-state index contributed by atoms with van der Waals surface area (Å²) in [5, 5.41) is 7.25. The zero-order valence-corrected chi connectivity index (χ0v) is 14.8. The molecular weight excluding hydrogens is 336 g/mol. The van der Waals surface area contributed by atoms with Crippen LogP contribution in [0.2, 0.25) is 0 Å². The van der Waals surface area contributed by atoms with Gasteiger partial charge in [-0.1, -0.05) is 35.9 Å². The second-order valence-electron chi connectivity index (χ2n) is 6.26. The Morgan fingerprint density at radius 2 is 1.67 bits per heavy atom. The van der Waals surface area contributed by atoms with E-state index in [0.29, 0.717) is 5.69 Å². The highest BCUT2D eigenvalue weighted by Crippen LogP contribution is 2.24. The van der Waals surface area contributed by atoms with E-state index in [1.807, 2.05) is 67.6 Å². The number of rotatable bonds is 4. The van der Waals surface area contributed by atoms with Crippen molar-refractivity contribution >= 4 is 33.9 Å². The van der Waals surface area contributed by atoms with Gasteiger partial charge in [0.25, 0.3) is 5.91 Å². The molecule has 0 aliphatic heterocycles. The molecule has 0 spiro atoms. The van der Waals surface area contributed by atoms with Gasteiger partial charge in [-0.25, -0.2) is 0 Å². The molecule has 4 rings (SSSR count). The largest absolute Gasteiger partial charge is 0.354 e. The summed E-state index contributed by atoms with van der Waals surface area (Å²) in [6.45, 7) is 2.00. The fraction of sp³-hybridized carbons (Fsp3) is 0.0455. The van der Waals surface area contributed by atoms with Crippen LogP contribution in [0.15, 0.2) is 79.1 Å². The fourth-order valence-electron chi connectivity index (χ4n) is 2.83. The minimum atomic E-state index is -0.251. The van der Waals surface area contributed by atoms with E-state index in [1.165, 1.54) is 0 Å². The van der Waals surface area contributed by atoms with Crippen molar-refractivity contribution < 1.29 is 4.79 Å². The molecule has 27 heavy (non-hydrogen) atoms. The summed E-state index contributed by atoms with van der Waals surface area (Å²) >= 11 is 0. The molecule has 0 saturated heterocycles. The lowest BCUT2D eigenvalue weighted by atomic mass is 10.2. The number of para-hydroxylation sites is 1. The number of pyridine rings is 2. The van der Waals surface area contributed by atoms with E-state index in [-0.39, 0.29) is 5.91 Å². The molecule has 5 nitrogen and oxygen atoms in total. The van der Waals surface area contributed by atoms with Crippen molar-refractivity contribution in [3.05, 3.63) is 90.4 Å². The van der Waals surface area contributed by atoms with Crippen LogP contribution < -0.4 is 10.6 Å². The third-order valence-electron chi connectivity index (χ3n) is 4.21. The quantitative estimate of drug-likeness (QED) is 0.545. The zero-order valence-electron chi connectivity index (χ0n) is 14.8. The molecular formula is C22H18N4O. The smallest absolute Gasteiger partial charge is 0.274 e. The predicted octanol–water partition coefficient (Wildman–Crippen LogP) is 4.93. The first kappa shape index (κ1) is 16.7. The second kappa shape index (κ2) is 7.25. The molecule has 0 fully saturated rings. The predicted molar refractivity (Wildman–Crippen MR) is 108 cm³/mol. The Balaban J connectivity index is 1.57. The van der Waals surface area contributed by atoms with Gasteiger partial charge in [0.15, 0.2) is 0 Å². The number of benzene rings is 2. The molecule has 2 heterocycles. The van der Waals surface area contributed by atoms with Crippen molar-refractivity contribution in [1.82, 2.24) is 9.97 Å². The van der Waals surface area contributed by atoms with Crippen LogP contribution in [-0.2, 0) is 0 Å². The maximum Gasteiger partial charge on any atom is 0.274 e. The molecule has 0 bridgehead atoms. The topological polar surface area (TPSA) is 66.9 Å². The number of aryl methyl sites for hydroxylation is 1.